The van der Waals surface area contributed by atoms with E-state index in [1.807, 2.05) is 14.1 Å². The van der Waals surface area contributed by atoms with Gasteiger partial charge in [-0.15, -0.1) is 0 Å². The van der Waals surface area contributed by atoms with Crippen LogP contribution in [0, 0.1) is 0 Å². The zero-order valence-electron chi connectivity index (χ0n) is 8.51. The molecule has 0 aliphatic carbocycles. The summed E-state index contributed by atoms with van der Waals surface area (Å²) in [5.41, 5.74) is 0.472. The van der Waals surface area contributed by atoms with Gasteiger partial charge in [0.05, 0.1) is 0 Å². The summed E-state index contributed by atoms with van der Waals surface area (Å²) in [6.45, 7) is 6.67. The Hall–Kier alpha value is -0.540. The highest BCUT2D eigenvalue weighted by molar-refractivity contribution is 6.23. The molecule has 0 saturated heterocycles. The second kappa shape index (κ2) is 6.00. The lowest BCUT2D eigenvalue weighted by atomic mass is 10.3. The lowest BCUT2D eigenvalue weighted by Gasteiger charge is -2.15. The van der Waals surface area contributed by atoms with Gasteiger partial charge in [-0.3, -0.25) is 9.21 Å². The van der Waals surface area contributed by atoms with Crippen molar-refractivity contribution in [2.75, 3.05) is 27.2 Å². The largest absolute Gasteiger partial charge is 0.309 e. The molecule has 0 fully saturated rings. The first-order chi connectivity index (χ1) is 5.95. The van der Waals surface area contributed by atoms with Crippen LogP contribution in [0.1, 0.15) is 13.3 Å². The molecule has 13 heavy (non-hydrogen) atoms. The normalized spacial score (nSPS) is 10.2. The molecule has 0 saturated carbocycles. The van der Waals surface area contributed by atoms with Crippen LogP contribution in [0.4, 0.5) is 0 Å². The predicted molar refractivity (Wildman–Crippen MR) is 55.6 cm³/mol. The Bertz CT molecular complexity index is 192. The van der Waals surface area contributed by atoms with Gasteiger partial charge < -0.3 is 4.90 Å². The summed E-state index contributed by atoms with van der Waals surface area (Å²) in [6, 6.07) is 0. The van der Waals surface area contributed by atoms with E-state index in [0.717, 1.165) is 13.0 Å². The smallest absolute Gasteiger partial charge is 0.263 e. The van der Waals surface area contributed by atoms with Crippen LogP contribution in [0.25, 0.3) is 0 Å². The predicted octanol–water partition coefficient (Wildman–Crippen LogP) is 1.50. The molecule has 0 radical (unpaired) electrons. The van der Waals surface area contributed by atoms with Crippen LogP contribution in [0.3, 0.4) is 0 Å². The number of nitrogens with zero attached hydrogens (tertiary/aromatic N) is 2. The van der Waals surface area contributed by atoms with Crippen LogP contribution in [-0.2, 0) is 4.79 Å². The Morgan fingerprint density at radius 3 is 2.31 bits per heavy atom. The van der Waals surface area contributed by atoms with E-state index in [-0.39, 0.29) is 5.91 Å². The maximum absolute atomic E-state index is 11.2. The molecule has 0 aliphatic heterocycles. The fraction of sp³-hybridized carbons (Fsp3) is 0.667. The number of halogens is 1. The first kappa shape index (κ1) is 12.5. The molecule has 0 aromatic carbocycles. The molecule has 0 aromatic heterocycles. The molecule has 0 atom stereocenters. The van der Waals surface area contributed by atoms with E-state index >= 15 is 0 Å². The van der Waals surface area contributed by atoms with Gasteiger partial charge in [-0.25, -0.2) is 0 Å². The van der Waals surface area contributed by atoms with Gasteiger partial charge in [0.25, 0.3) is 5.91 Å². The minimum atomic E-state index is -0.194. The summed E-state index contributed by atoms with van der Waals surface area (Å²) in [6.07, 6.45) is 0.871. The van der Waals surface area contributed by atoms with Gasteiger partial charge in [-0.05, 0) is 34.0 Å². The average molecular weight is 205 g/mol. The number of rotatable bonds is 5. The van der Waals surface area contributed by atoms with Gasteiger partial charge in [-0.1, -0.05) is 6.58 Å². The van der Waals surface area contributed by atoms with Crippen molar-refractivity contribution in [3.8, 4) is 0 Å². The van der Waals surface area contributed by atoms with Crippen molar-refractivity contribution in [2.45, 2.75) is 13.3 Å². The van der Waals surface area contributed by atoms with Gasteiger partial charge in [0.2, 0.25) is 0 Å². The van der Waals surface area contributed by atoms with Gasteiger partial charge in [-0.2, -0.15) is 0 Å². The highest BCUT2D eigenvalue weighted by Gasteiger charge is 2.10. The van der Waals surface area contributed by atoms with E-state index < -0.39 is 0 Å². The summed E-state index contributed by atoms with van der Waals surface area (Å²) < 4.78 is 1.19. The van der Waals surface area contributed by atoms with Gasteiger partial charge >= 0.3 is 0 Å². The highest BCUT2D eigenvalue weighted by Crippen LogP contribution is 2.03. The molecule has 0 bridgehead atoms. The molecular formula is C9H17ClN2O. The SMILES string of the molecule is C=C(C)C(=O)N(Cl)CCCN(C)C. The van der Waals surface area contributed by atoms with E-state index in [1.165, 1.54) is 4.42 Å². The fourth-order valence-electron chi connectivity index (χ4n) is 0.834. The van der Waals surface area contributed by atoms with Crippen molar-refractivity contribution in [3.05, 3.63) is 12.2 Å². The van der Waals surface area contributed by atoms with Gasteiger partial charge in [0.1, 0.15) is 0 Å². The van der Waals surface area contributed by atoms with Crippen LogP contribution >= 0.6 is 11.8 Å². The third kappa shape index (κ3) is 5.66. The molecule has 0 rings (SSSR count). The highest BCUT2D eigenvalue weighted by atomic mass is 35.5. The maximum atomic E-state index is 11.2. The summed E-state index contributed by atoms with van der Waals surface area (Å²) in [5, 5.41) is 0. The fourth-order valence-corrected chi connectivity index (χ4v) is 1.10. The third-order valence-corrected chi connectivity index (χ3v) is 1.87. The monoisotopic (exact) mass is 204 g/mol. The lowest BCUT2D eigenvalue weighted by Crippen LogP contribution is -2.25. The number of carbonyl (C=O) groups is 1. The minimum absolute atomic E-state index is 0.194. The molecule has 4 heteroatoms. The van der Waals surface area contributed by atoms with E-state index in [1.54, 1.807) is 6.92 Å². The molecule has 0 N–H and O–H groups in total. The van der Waals surface area contributed by atoms with Crippen LogP contribution in [0.15, 0.2) is 12.2 Å². The number of carbonyl (C=O) groups excluding carboxylic acids is 1. The van der Waals surface area contributed by atoms with Crippen molar-refractivity contribution in [1.82, 2.24) is 9.32 Å². The van der Waals surface area contributed by atoms with Crippen molar-refractivity contribution >= 4 is 17.7 Å². The van der Waals surface area contributed by atoms with E-state index in [0.29, 0.717) is 12.1 Å². The molecule has 0 heterocycles. The Kier molecular flexibility index (Phi) is 5.75. The molecule has 0 aromatic rings. The Morgan fingerprint density at radius 1 is 1.38 bits per heavy atom. The molecule has 0 spiro atoms. The molecule has 3 nitrogen and oxygen atoms in total. The Morgan fingerprint density at radius 2 is 1.92 bits per heavy atom. The molecule has 0 unspecified atom stereocenters. The standard InChI is InChI=1S/C9H17ClN2O/c1-8(2)9(13)12(10)7-5-6-11(3)4/h1,5-7H2,2-4H3. The zero-order chi connectivity index (χ0) is 10.4. The topological polar surface area (TPSA) is 23.6 Å². The first-order valence-electron chi connectivity index (χ1n) is 4.23. The first-order valence-corrected chi connectivity index (χ1v) is 4.57. The Labute approximate surface area is 85.1 Å². The van der Waals surface area contributed by atoms with Crippen molar-refractivity contribution in [2.24, 2.45) is 0 Å². The van der Waals surface area contributed by atoms with E-state index in [4.69, 9.17) is 11.8 Å². The van der Waals surface area contributed by atoms with Gasteiger partial charge in [0.15, 0.2) is 0 Å². The van der Waals surface area contributed by atoms with Crippen molar-refractivity contribution in [1.29, 1.82) is 0 Å². The van der Waals surface area contributed by atoms with Crippen molar-refractivity contribution in [3.63, 3.8) is 0 Å². The lowest BCUT2D eigenvalue weighted by molar-refractivity contribution is -0.122. The molecule has 1 amide bonds. The molecule has 0 aliphatic rings. The molecular weight excluding hydrogens is 188 g/mol. The number of hydrogen-bond acceptors (Lipinski definition) is 2. The summed E-state index contributed by atoms with van der Waals surface area (Å²) >= 11 is 5.71. The van der Waals surface area contributed by atoms with Crippen LogP contribution in [-0.4, -0.2) is 42.4 Å². The second-order valence-corrected chi connectivity index (χ2v) is 3.74. The van der Waals surface area contributed by atoms with E-state index in [2.05, 4.69) is 11.5 Å². The van der Waals surface area contributed by atoms with Crippen LogP contribution in [0.5, 0.6) is 0 Å². The third-order valence-electron chi connectivity index (χ3n) is 1.55. The second-order valence-electron chi connectivity index (χ2n) is 3.33. The summed E-state index contributed by atoms with van der Waals surface area (Å²) in [5.74, 6) is -0.194. The maximum Gasteiger partial charge on any atom is 0.263 e. The minimum Gasteiger partial charge on any atom is -0.309 e. The summed E-state index contributed by atoms with van der Waals surface area (Å²) in [7, 11) is 3.97. The summed E-state index contributed by atoms with van der Waals surface area (Å²) in [4.78, 5) is 13.3. The van der Waals surface area contributed by atoms with Crippen LogP contribution < -0.4 is 0 Å². The quantitative estimate of drug-likeness (QED) is 0.501. The number of amides is 1. The number of hydrogen-bond donors (Lipinski definition) is 0. The zero-order valence-corrected chi connectivity index (χ0v) is 9.26. The average Bonchev–Trinajstić information content (AvgIpc) is 2.02. The Balaban J connectivity index is 3.68. The van der Waals surface area contributed by atoms with Gasteiger partial charge in [0, 0.05) is 23.9 Å². The van der Waals surface area contributed by atoms with Crippen LogP contribution in [0.2, 0.25) is 0 Å². The van der Waals surface area contributed by atoms with Crippen molar-refractivity contribution < 1.29 is 4.79 Å². The van der Waals surface area contributed by atoms with E-state index in [9.17, 15) is 4.79 Å². The molecule has 76 valence electrons.